The number of anilines is 1. The molecule has 0 heterocycles. The van der Waals surface area contributed by atoms with Crippen molar-refractivity contribution in [1.82, 2.24) is 10.6 Å². The van der Waals surface area contributed by atoms with Crippen molar-refractivity contribution in [2.24, 2.45) is 4.99 Å². The Kier molecular flexibility index (Phi) is 10.8. The highest BCUT2D eigenvalue weighted by atomic mass is 127. The van der Waals surface area contributed by atoms with Gasteiger partial charge in [-0.05, 0) is 37.5 Å². The molecule has 0 spiro atoms. The van der Waals surface area contributed by atoms with Gasteiger partial charge in [-0.2, -0.15) is 0 Å². The first-order chi connectivity index (χ1) is 12.2. The number of guanidine groups is 1. The highest BCUT2D eigenvalue weighted by molar-refractivity contribution is 14.0. The number of nitrogens with one attached hydrogen (secondary N) is 2. The Bertz CT molecular complexity index is 631. The van der Waals surface area contributed by atoms with Crippen LogP contribution < -0.4 is 15.5 Å². The average molecular weight is 466 g/mol. The molecule has 2 aromatic rings. The van der Waals surface area contributed by atoms with Crippen molar-refractivity contribution in [2.75, 3.05) is 32.1 Å². The summed E-state index contributed by atoms with van der Waals surface area (Å²) in [5.74, 6) is 0.854. The zero-order valence-electron chi connectivity index (χ0n) is 16.0. The van der Waals surface area contributed by atoms with Gasteiger partial charge < -0.3 is 15.5 Å². The lowest BCUT2D eigenvalue weighted by Gasteiger charge is -2.20. The lowest BCUT2D eigenvalue weighted by molar-refractivity contribution is 0.657. The highest BCUT2D eigenvalue weighted by Gasteiger charge is 2.06. The van der Waals surface area contributed by atoms with Crippen molar-refractivity contribution in [3.63, 3.8) is 0 Å². The molecule has 1 unspecified atom stereocenters. The second kappa shape index (κ2) is 12.6. The summed E-state index contributed by atoms with van der Waals surface area (Å²) in [4.78, 5) is 6.61. The van der Waals surface area contributed by atoms with Crippen LogP contribution >= 0.6 is 24.0 Å². The van der Waals surface area contributed by atoms with Gasteiger partial charge in [-0.25, -0.2) is 0 Å². The Morgan fingerprint density at radius 1 is 1.00 bits per heavy atom. The Balaban J connectivity index is 0.00000338. The van der Waals surface area contributed by atoms with Crippen molar-refractivity contribution in [3.8, 4) is 0 Å². The Hall–Kier alpha value is -1.76. The topological polar surface area (TPSA) is 39.7 Å². The molecule has 0 saturated heterocycles. The number of halogens is 1. The van der Waals surface area contributed by atoms with Gasteiger partial charge in [0.1, 0.15) is 0 Å². The lowest BCUT2D eigenvalue weighted by atomic mass is 10.1. The Labute approximate surface area is 175 Å². The van der Waals surface area contributed by atoms with Crippen LogP contribution in [0.1, 0.15) is 31.4 Å². The van der Waals surface area contributed by atoms with Gasteiger partial charge in [0.05, 0.1) is 6.04 Å². The second-order valence-electron chi connectivity index (χ2n) is 6.24. The van der Waals surface area contributed by atoms with E-state index >= 15 is 0 Å². The molecule has 0 bridgehead atoms. The van der Waals surface area contributed by atoms with Crippen molar-refractivity contribution in [1.29, 1.82) is 0 Å². The SMILES string of the molecule is CN=C(NCCCCN(C)c1ccccc1)NC(C)c1ccccc1.I. The molecular formula is C21H31IN4. The minimum absolute atomic E-state index is 0. The maximum Gasteiger partial charge on any atom is 0.191 e. The minimum atomic E-state index is 0. The summed E-state index contributed by atoms with van der Waals surface area (Å²) < 4.78 is 0. The first-order valence-electron chi connectivity index (χ1n) is 8.99. The molecule has 0 saturated carbocycles. The molecule has 2 aromatic carbocycles. The zero-order chi connectivity index (χ0) is 17.9. The number of nitrogens with zero attached hydrogens (tertiary/aromatic N) is 2. The molecular weight excluding hydrogens is 435 g/mol. The molecule has 2 N–H and O–H groups in total. The summed E-state index contributed by atoms with van der Waals surface area (Å²) in [5, 5.41) is 6.84. The molecule has 4 nitrogen and oxygen atoms in total. The largest absolute Gasteiger partial charge is 0.375 e. The summed E-state index contributed by atoms with van der Waals surface area (Å²) in [7, 11) is 3.96. The van der Waals surface area contributed by atoms with Crippen LogP contribution in [0.3, 0.4) is 0 Å². The third kappa shape index (κ3) is 7.64. The summed E-state index contributed by atoms with van der Waals surface area (Å²) in [6.45, 7) is 4.12. The molecule has 1 atom stereocenters. The van der Waals surface area contributed by atoms with Gasteiger partial charge in [-0.1, -0.05) is 48.5 Å². The number of hydrogen-bond donors (Lipinski definition) is 2. The number of para-hydroxylation sites is 1. The lowest BCUT2D eigenvalue weighted by Crippen LogP contribution is -2.39. The molecule has 0 aliphatic rings. The predicted octanol–water partition coefficient (Wildman–Crippen LogP) is 4.45. The molecule has 0 aliphatic carbocycles. The van der Waals surface area contributed by atoms with Crippen LogP contribution in [-0.2, 0) is 0 Å². The van der Waals surface area contributed by atoms with Crippen molar-refractivity contribution in [2.45, 2.75) is 25.8 Å². The van der Waals surface area contributed by atoms with E-state index in [9.17, 15) is 0 Å². The quantitative estimate of drug-likeness (QED) is 0.262. The van der Waals surface area contributed by atoms with Crippen LogP contribution in [0.4, 0.5) is 5.69 Å². The predicted molar refractivity (Wildman–Crippen MR) is 124 cm³/mol. The molecule has 2 rings (SSSR count). The van der Waals surface area contributed by atoms with Gasteiger partial charge in [0.2, 0.25) is 0 Å². The van der Waals surface area contributed by atoms with Crippen molar-refractivity contribution in [3.05, 3.63) is 66.2 Å². The van der Waals surface area contributed by atoms with E-state index in [1.165, 1.54) is 11.3 Å². The molecule has 0 aromatic heterocycles. The van der Waals surface area contributed by atoms with Gasteiger partial charge >= 0.3 is 0 Å². The van der Waals surface area contributed by atoms with Gasteiger partial charge in [0, 0.05) is 32.9 Å². The van der Waals surface area contributed by atoms with Crippen molar-refractivity contribution < 1.29 is 0 Å². The first kappa shape index (κ1) is 22.3. The number of aliphatic imine (C=N–C) groups is 1. The zero-order valence-corrected chi connectivity index (χ0v) is 18.3. The summed E-state index contributed by atoms with van der Waals surface area (Å²) in [6.07, 6.45) is 2.25. The van der Waals surface area contributed by atoms with Crippen LogP contribution in [0.5, 0.6) is 0 Å². The fourth-order valence-electron chi connectivity index (χ4n) is 2.72. The molecule has 0 fully saturated rings. The van der Waals surface area contributed by atoms with Crippen molar-refractivity contribution >= 4 is 35.6 Å². The second-order valence-corrected chi connectivity index (χ2v) is 6.24. The molecule has 0 amide bonds. The third-order valence-electron chi connectivity index (χ3n) is 4.29. The van der Waals surface area contributed by atoms with Crippen LogP contribution in [0.2, 0.25) is 0 Å². The van der Waals surface area contributed by atoms with Gasteiger partial charge in [0.25, 0.3) is 0 Å². The Morgan fingerprint density at radius 2 is 1.62 bits per heavy atom. The third-order valence-corrected chi connectivity index (χ3v) is 4.29. The van der Waals surface area contributed by atoms with Crippen LogP contribution in [0.25, 0.3) is 0 Å². The van der Waals surface area contributed by atoms with E-state index in [-0.39, 0.29) is 30.0 Å². The normalized spacial score (nSPS) is 12.0. The van der Waals surface area contributed by atoms with E-state index in [0.717, 1.165) is 31.9 Å². The van der Waals surface area contributed by atoms with Gasteiger partial charge in [-0.3, -0.25) is 4.99 Å². The molecule has 0 aliphatic heterocycles. The van der Waals surface area contributed by atoms with Crippen LogP contribution in [0.15, 0.2) is 65.7 Å². The fraction of sp³-hybridized carbons (Fsp3) is 0.381. The van der Waals surface area contributed by atoms with E-state index < -0.39 is 0 Å². The van der Waals surface area contributed by atoms with E-state index in [1.807, 2.05) is 13.1 Å². The smallest absolute Gasteiger partial charge is 0.191 e. The molecule has 26 heavy (non-hydrogen) atoms. The average Bonchev–Trinajstić information content (AvgIpc) is 2.67. The number of hydrogen-bond acceptors (Lipinski definition) is 2. The summed E-state index contributed by atoms with van der Waals surface area (Å²) in [5.41, 5.74) is 2.53. The van der Waals surface area contributed by atoms with E-state index in [2.05, 4.69) is 89.1 Å². The van der Waals surface area contributed by atoms with E-state index in [0.29, 0.717) is 0 Å². The van der Waals surface area contributed by atoms with Crippen LogP contribution in [-0.4, -0.2) is 33.1 Å². The van der Waals surface area contributed by atoms with Crippen LogP contribution in [0, 0.1) is 0 Å². The number of benzene rings is 2. The van der Waals surface area contributed by atoms with E-state index in [4.69, 9.17) is 0 Å². The summed E-state index contributed by atoms with van der Waals surface area (Å²) >= 11 is 0. The summed E-state index contributed by atoms with van der Waals surface area (Å²) in [6, 6.07) is 21.2. The van der Waals surface area contributed by atoms with E-state index in [1.54, 1.807) is 0 Å². The maximum absolute atomic E-state index is 4.32. The standard InChI is InChI=1S/C21H30N4.HI/c1-18(19-12-6-4-7-13-19)24-21(22-2)23-16-10-11-17-25(3)20-14-8-5-9-15-20;/h4-9,12-15,18H,10-11,16-17H2,1-3H3,(H2,22,23,24);1H. The highest BCUT2D eigenvalue weighted by Crippen LogP contribution is 2.12. The fourth-order valence-corrected chi connectivity index (χ4v) is 2.72. The molecule has 5 heteroatoms. The minimum Gasteiger partial charge on any atom is -0.375 e. The Morgan fingerprint density at radius 3 is 2.23 bits per heavy atom. The maximum atomic E-state index is 4.32. The first-order valence-corrected chi connectivity index (χ1v) is 8.99. The van der Waals surface area contributed by atoms with Gasteiger partial charge in [0.15, 0.2) is 5.96 Å². The van der Waals surface area contributed by atoms with Gasteiger partial charge in [-0.15, -0.1) is 24.0 Å². The number of unbranched alkanes of at least 4 members (excludes halogenated alkanes) is 1. The number of rotatable bonds is 8. The molecule has 0 radical (unpaired) electrons. The molecule has 142 valence electrons. The monoisotopic (exact) mass is 466 g/mol.